The summed E-state index contributed by atoms with van der Waals surface area (Å²) in [4.78, 5) is 13.9. The van der Waals surface area contributed by atoms with E-state index < -0.39 is 36.5 Å². The van der Waals surface area contributed by atoms with Crippen molar-refractivity contribution in [2.45, 2.75) is 123 Å². The molecule has 1 N–H and O–H groups in total. The van der Waals surface area contributed by atoms with Gasteiger partial charge in [-0.25, -0.2) is 0 Å². The van der Waals surface area contributed by atoms with Gasteiger partial charge in [-0.1, -0.05) is 49.1 Å². The molecule has 0 bridgehead atoms. The highest BCUT2D eigenvalue weighted by Crippen LogP contribution is 2.88. The molecule has 0 aromatic carbocycles. The number of carbonyl (C=O) groups is 1. The molecule has 4 fully saturated rings. The molecule has 0 amide bonds. The number of carbonyl (C=O) groups excluding carboxylic acids is 1. The number of ketones is 1. The van der Waals surface area contributed by atoms with E-state index in [0.29, 0.717) is 90.1 Å². The highest BCUT2D eigenvalue weighted by atomic mass is 32.1. The largest absolute Gasteiger partial charge is 0.474 e. The average molecular weight is 624 g/mol. The monoisotopic (exact) mass is 624 g/mol. The van der Waals surface area contributed by atoms with Crippen LogP contribution in [0.15, 0.2) is 12.3 Å². The molecule has 5 unspecified atom stereocenters. The molecule has 232 valence electrons. The van der Waals surface area contributed by atoms with Gasteiger partial charge in [0, 0.05) is 34.3 Å². The predicted octanol–water partition coefficient (Wildman–Crippen LogP) is 4.53. The first-order valence-corrected chi connectivity index (χ1v) is 16.9. The Morgan fingerprint density at radius 3 is 2.35 bits per heavy atom. The van der Waals surface area contributed by atoms with E-state index in [2.05, 4.69) is 18.9 Å². The number of thiol groups is 2. The molecule has 5 rings (SSSR count). The fourth-order valence-electron chi connectivity index (χ4n) is 9.37. The van der Waals surface area contributed by atoms with E-state index in [1.807, 2.05) is 6.92 Å². The minimum absolute atomic E-state index is 0.0988. The number of hydrogen-bond donors (Lipinski definition) is 3. The zero-order valence-electron chi connectivity index (χ0n) is 26.1. The molecule has 8 atom stereocenters. The molecule has 6 radical (unpaired) electrons. The van der Waals surface area contributed by atoms with Crippen LogP contribution in [0.3, 0.4) is 0 Å². The van der Waals surface area contributed by atoms with Gasteiger partial charge in [0.1, 0.15) is 6.61 Å². The number of fused-ring (bicyclic) bond motifs is 5. The van der Waals surface area contributed by atoms with E-state index in [1.54, 1.807) is 16.9 Å². The van der Waals surface area contributed by atoms with E-state index >= 15 is 0 Å². The van der Waals surface area contributed by atoms with Crippen molar-refractivity contribution in [1.29, 1.82) is 0 Å². The third-order valence-corrected chi connectivity index (χ3v) is 13.9. The van der Waals surface area contributed by atoms with Gasteiger partial charge in [-0.3, -0.25) is 9.48 Å². The van der Waals surface area contributed by atoms with Gasteiger partial charge < -0.3 is 19.3 Å². The second kappa shape index (κ2) is 11.9. The summed E-state index contributed by atoms with van der Waals surface area (Å²) < 4.78 is 17.0. The molecule has 12 heteroatoms. The van der Waals surface area contributed by atoms with Crippen LogP contribution in [0.4, 0.5) is 0 Å². The summed E-state index contributed by atoms with van der Waals surface area (Å²) in [6.07, 6.45) is 8.25. The van der Waals surface area contributed by atoms with E-state index in [9.17, 15) is 9.90 Å². The third kappa shape index (κ3) is 5.29. The SMILES string of the molecule is [B]C12CCC3(S)C[C@](C)(O)CCC3(S)[C@@]1([B])CCC1(C)C(C(=O)Cn3ccc(OCCOCCOCCC)n3)CC[C@]12[B]. The highest BCUT2D eigenvalue weighted by molar-refractivity contribution is 7.86. The molecule has 0 saturated heterocycles. The summed E-state index contributed by atoms with van der Waals surface area (Å²) in [5.41, 5.74) is -1.34. The lowest BCUT2D eigenvalue weighted by molar-refractivity contribution is -0.129. The lowest BCUT2D eigenvalue weighted by Gasteiger charge is -2.78. The average Bonchev–Trinajstić information content (AvgIpc) is 3.50. The summed E-state index contributed by atoms with van der Waals surface area (Å²) in [6.45, 7) is 8.86. The van der Waals surface area contributed by atoms with Gasteiger partial charge >= 0.3 is 0 Å². The Hall–Kier alpha value is -0.545. The zero-order chi connectivity index (χ0) is 31.4. The molecule has 1 heterocycles. The summed E-state index contributed by atoms with van der Waals surface area (Å²) in [6, 6.07) is 1.76. The van der Waals surface area contributed by atoms with Crippen molar-refractivity contribution in [2.75, 3.05) is 33.0 Å². The van der Waals surface area contributed by atoms with Crippen molar-refractivity contribution < 1.29 is 24.1 Å². The molecule has 7 nitrogen and oxygen atoms in total. The normalized spacial score (nSPS) is 43.9. The molecule has 1 aromatic rings. The number of rotatable bonds is 12. The van der Waals surface area contributed by atoms with Crippen molar-refractivity contribution in [3.05, 3.63) is 12.3 Å². The van der Waals surface area contributed by atoms with Crippen LogP contribution in [0.1, 0.15) is 85.0 Å². The maximum Gasteiger partial charge on any atom is 0.232 e. The van der Waals surface area contributed by atoms with Crippen molar-refractivity contribution in [3.63, 3.8) is 0 Å². The predicted molar refractivity (Wildman–Crippen MR) is 177 cm³/mol. The Labute approximate surface area is 272 Å². The van der Waals surface area contributed by atoms with Gasteiger partial charge in [-0.2, -0.15) is 25.3 Å². The zero-order valence-corrected chi connectivity index (χ0v) is 27.9. The Kier molecular flexibility index (Phi) is 9.37. The van der Waals surface area contributed by atoms with E-state index in [4.69, 9.17) is 63.0 Å². The quantitative estimate of drug-likeness (QED) is 0.180. The highest BCUT2D eigenvalue weighted by Gasteiger charge is 2.76. The standard InChI is InChI=1S/C31H47B3N2O5S2/c1-4-15-39-16-17-40-18-19-41-24-6-14-36(35-24)20-23(37)22-5-7-28(32)26(22,3)9-11-30(34)29(28,33)12-10-27(42)21-25(2,38)8-13-31(27,30)43/h6,14,22,38,42-43H,4-5,7-13,15-21H2,1-3H3/t22?,25-,26?,27?,28+,29?,30-,31?/m1/s1. The molecular formula is C31H47B3N2O5S2. The minimum atomic E-state index is -0.934. The van der Waals surface area contributed by atoms with Gasteiger partial charge in [-0.15, -0.1) is 5.10 Å². The number of ether oxygens (including phenoxy) is 3. The number of aromatic nitrogens is 2. The first-order valence-electron chi connectivity index (χ1n) is 16.0. The first-order chi connectivity index (χ1) is 20.1. The van der Waals surface area contributed by atoms with Crippen molar-refractivity contribution in [2.24, 2.45) is 11.3 Å². The molecule has 1 aromatic heterocycles. The molecule has 43 heavy (non-hydrogen) atoms. The second-order valence-corrected chi connectivity index (χ2v) is 16.0. The van der Waals surface area contributed by atoms with E-state index in [0.717, 1.165) is 13.0 Å². The third-order valence-electron chi connectivity index (χ3n) is 11.9. The number of hydrogen-bond acceptors (Lipinski definition) is 8. The summed E-state index contributed by atoms with van der Waals surface area (Å²) in [5.74, 6) is 0.297. The van der Waals surface area contributed by atoms with Gasteiger partial charge in [0.05, 0.1) is 55.5 Å². The summed E-state index contributed by atoms with van der Waals surface area (Å²) in [5, 5.41) is 12.7. The number of aliphatic hydroxyl groups is 1. The van der Waals surface area contributed by atoms with E-state index in [-0.39, 0.29) is 18.2 Å². The fourth-order valence-corrected chi connectivity index (χ4v) is 10.7. The van der Waals surface area contributed by atoms with Crippen LogP contribution < -0.4 is 4.74 Å². The van der Waals surface area contributed by atoms with Crippen molar-refractivity contribution in [3.8, 4) is 5.88 Å². The van der Waals surface area contributed by atoms with Gasteiger partial charge in [0.25, 0.3) is 0 Å². The van der Waals surface area contributed by atoms with Crippen LogP contribution in [0.25, 0.3) is 0 Å². The van der Waals surface area contributed by atoms with Crippen LogP contribution in [0.2, 0.25) is 15.9 Å². The molecule has 4 aliphatic carbocycles. The van der Waals surface area contributed by atoms with Crippen LogP contribution in [0, 0.1) is 11.3 Å². The molecule has 4 saturated carbocycles. The van der Waals surface area contributed by atoms with E-state index in [1.165, 1.54) is 0 Å². The van der Waals surface area contributed by atoms with Gasteiger partial charge in [0.15, 0.2) is 5.78 Å². The molecule has 4 aliphatic rings. The van der Waals surface area contributed by atoms with Crippen LogP contribution >= 0.6 is 25.3 Å². The fraction of sp³-hybridized carbons (Fsp3) is 0.871. The first kappa shape index (κ1) is 33.8. The second-order valence-electron chi connectivity index (χ2n) is 14.4. The Bertz CT molecular complexity index is 1190. The summed E-state index contributed by atoms with van der Waals surface area (Å²) in [7, 11) is 22.4. The summed E-state index contributed by atoms with van der Waals surface area (Å²) >= 11 is 10.5. The maximum atomic E-state index is 13.9. The van der Waals surface area contributed by atoms with Crippen LogP contribution in [0.5, 0.6) is 5.88 Å². The van der Waals surface area contributed by atoms with Crippen molar-refractivity contribution >= 4 is 54.6 Å². The minimum Gasteiger partial charge on any atom is -0.474 e. The smallest absolute Gasteiger partial charge is 0.232 e. The topological polar surface area (TPSA) is 82.8 Å². The lowest BCUT2D eigenvalue weighted by atomic mass is 9.19. The van der Waals surface area contributed by atoms with Crippen LogP contribution in [-0.4, -0.2) is 92.3 Å². The molecule has 0 aliphatic heterocycles. The lowest BCUT2D eigenvalue weighted by Crippen LogP contribution is -2.70. The Morgan fingerprint density at radius 2 is 1.63 bits per heavy atom. The molecule has 0 spiro atoms. The Balaban J connectivity index is 1.25. The Morgan fingerprint density at radius 1 is 0.953 bits per heavy atom. The van der Waals surface area contributed by atoms with Crippen LogP contribution in [-0.2, 0) is 20.8 Å². The van der Waals surface area contributed by atoms with Gasteiger partial charge in [-0.05, 0) is 57.3 Å². The van der Waals surface area contributed by atoms with Gasteiger partial charge in [0.2, 0.25) is 5.88 Å². The number of Topliss-reactive ketones (excluding diaryl/α,β-unsaturated/α-hetero) is 1. The molecular weight excluding hydrogens is 577 g/mol. The maximum absolute atomic E-state index is 13.9. The van der Waals surface area contributed by atoms with Crippen molar-refractivity contribution in [1.82, 2.24) is 9.78 Å². The number of nitrogens with zero attached hydrogens (tertiary/aromatic N) is 2.